The third-order valence-electron chi connectivity index (χ3n) is 3.43. The van der Waals surface area contributed by atoms with E-state index in [2.05, 4.69) is 0 Å². The molecular weight excluding hydrogens is 231 g/mol. The maximum atomic E-state index is 13.5. The molecule has 0 radical (unpaired) electrons. The number of rotatable bonds is 5. The van der Waals surface area contributed by atoms with Gasteiger partial charge in [-0.3, -0.25) is 4.79 Å². The lowest BCUT2D eigenvalue weighted by atomic mass is 10.1. The van der Waals surface area contributed by atoms with Crippen molar-refractivity contribution in [3.8, 4) is 0 Å². The maximum Gasteiger partial charge on any atom is 0.224 e. The molecule has 0 aliphatic heterocycles. The number of benzene rings is 1. The second-order valence-electron chi connectivity index (χ2n) is 5.05. The summed E-state index contributed by atoms with van der Waals surface area (Å²) in [5.41, 5.74) is 6.45. The molecule has 98 valence electrons. The van der Waals surface area contributed by atoms with Crippen LogP contribution < -0.4 is 5.73 Å². The SMILES string of the molecule is CN(Cc1ccccc1F)C(=O)CC(N)C1CC1. The first-order chi connectivity index (χ1) is 8.58. The Labute approximate surface area is 107 Å². The molecule has 3 nitrogen and oxygen atoms in total. The minimum atomic E-state index is -0.274. The number of hydrogen-bond donors (Lipinski definition) is 1. The molecule has 1 unspecified atom stereocenters. The molecule has 18 heavy (non-hydrogen) atoms. The molecule has 1 aromatic carbocycles. The molecule has 4 heteroatoms. The second-order valence-corrected chi connectivity index (χ2v) is 5.05. The largest absolute Gasteiger partial charge is 0.341 e. The highest BCUT2D eigenvalue weighted by Crippen LogP contribution is 2.33. The van der Waals surface area contributed by atoms with Crippen molar-refractivity contribution in [2.24, 2.45) is 11.7 Å². The molecule has 1 saturated carbocycles. The van der Waals surface area contributed by atoms with Gasteiger partial charge in [-0.05, 0) is 24.8 Å². The Morgan fingerprint density at radius 3 is 2.78 bits per heavy atom. The van der Waals surface area contributed by atoms with Gasteiger partial charge in [-0.1, -0.05) is 18.2 Å². The van der Waals surface area contributed by atoms with E-state index in [9.17, 15) is 9.18 Å². The van der Waals surface area contributed by atoms with Crippen molar-refractivity contribution in [3.63, 3.8) is 0 Å². The number of nitrogens with zero attached hydrogens (tertiary/aromatic N) is 1. The van der Waals surface area contributed by atoms with Crippen LogP contribution in [0.2, 0.25) is 0 Å². The highest BCUT2D eigenvalue weighted by molar-refractivity contribution is 5.76. The van der Waals surface area contributed by atoms with Gasteiger partial charge in [0.1, 0.15) is 5.82 Å². The van der Waals surface area contributed by atoms with Gasteiger partial charge in [-0.2, -0.15) is 0 Å². The average molecular weight is 250 g/mol. The summed E-state index contributed by atoms with van der Waals surface area (Å²) in [6.45, 7) is 0.295. The highest BCUT2D eigenvalue weighted by Gasteiger charge is 2.30. The Balaban J connectivity index is 1.88. The van der Waals surface area contributed by atoms with Crippen LogP contribution in [-0.2, 0) is 11.3 Å². The summed E-state index contributed by atoms with van der Waals surface area (Å²) in [5, 5.41) is 0. The van der Waals surface area contributed by atoms with Crippen LogP contribution in [0.1, 0.15) is 24.8 Å². The van der Waals surface area contributed by atoms with Crippen LogP contribution in [0.3, 0.4) is 0 Å². The molecule has 1 fully saturated rings. The Kier molecular flexibility index (Phi) is 3.97. The molecule has 2 N–H and O–H groups in total. The fourth-order valence-electron chi connectivity index (χ4n) is 2.02. The van der Waals surface area contributed by atoms with E-state index in [0.717, 1.165) is 12.8 Å². The molecule has 0 spiro atoms. The molecule has 1 atom stereocenters. The van der Waals surface area contributed by atoms with Crippen LogP contribution in [0.4, 0.5) is 4.39 Å². The van der Waals surface area contributed by atoms with Crippen molar-refractivity contribution in [1.29, 1.82) is 0 Å². The Bertz CT molecular complexity index is 432. The highest BCUT2D eigenvalue weighted by atomic mass is 19.1. The summed E-state index contributed by atoms with van der Waals surface area (Å²) in [4.78, 5) is 13.5. The topological polar surface area (TPSA) is 46.3 Å². The summed E-state index contributed by atoms with van der Waals surface area (Å²) < 4.78 is 13.5. The third kappa shape index (κ3) is 3.29. The van der Waals surface area contributed by atoms with Gasteiger partial charge in [0, 0.05) is 31.6 Å². The van der Waals surface area contributed by atoms with Crippen LogP contribution in [0, 0.1) is 11.7 Å². The van der Waals surface area contributed by atoms with Crippen molar-refractivity contribution < 1.29 is 9.18 Å². The molecule has 0 heterocycles. The van der Waals surface area contributed by atoms with Crippen molar-refractivity contribution >= 4 is 5.91 Å². The van der Waals surface area contributed by atoms with Gasteiger partial charge >= 0.3 is 0 Å². The van der Waals surface area contributed by atoms with E-state index in [1.807, 2.05) is 0 Å². The average Bonchev–Trinajstić information content (AvgIpc) is 3.15. The van der Waals surface area contributed by atoms with Gasteiger partial charge in [0.2, 0.25) is 5.91 Å². The van der Waals surface area contributed by atoms with E-state index in [-0.39, 0.29) is 17.8 Å². The number of carbonyl (C=O) groups is 1. The van der Waals surface area contributed by atoms with E-state index in [1.54, 1.807) is 30.1 Å². The molecular formula is C14H19FN2O. The van der Waals surface area contributed by atoms with Gasteiger partial charge in [-0.15, -0.1) is 0 Å². The van der Waals surface area contributed by atoms with Gasteiger partial charge < -0.3 is 10.6 Å². The summed E-state index contributed by atoms with van der Waals surface area (Å²) in [6, 6.07) is 6.47. The molecule has 1 aromatic rings. The van der Waals surface area contributed by atoms with Crippen LogP contribution in [0.25, 0.3) is 0 Å². The van der Waals surface area contributed by atoms with Crippen molar-refractivity contribution in [1.82, 2.24) is 4.90 Å². The van der Waals surface area contributed by atoms with Gasteiger partial charge in [0.15, 0.2) is 0 Å². The molecule has 1 aliphatic carbocycles. The van der Waals surface area contributed by atoms with Gasteiger partial charge in [0.05, 0.1) is 0 Å². The summed E-state index contributed by atoms with van der Waals surface area (Å²) in [7, 11) is 1.69. The summed E-state index contributed by atoms with van der Waals surface area (Å²) in [5.74, 6) is 0.220. The van der Waals surface area contributed by atoms with E-state index in [1.165, 1.54) is 6.07 Å². The van der Waals surface area contributed by atoms with E-state index >= 15 is 0 Å². The predicted molar refractivity (Wildman–Crippen MR) is 68.2 cm³/mol. The number of halogens is 1. The summed E-state index contributed by atoms with van der Waals surface area (Å²) >= 11 is 0. The standard InChI is InChI=1S/C14H19FN2O/c1-17(9-11-4-2-3-5-12(11)15)14(18)8-13(16)10-6-7-10/h2-5,10,13H,6-9,16H2,1H3. The van der Waals surface area contributed by atoms with E-state index in [0.29, 0.717) is 24.4 Å². The molecule has 2 rings (SSSR count). The monoisotopic (exact) mass is 250 g/mol. The van der Waals surface area contributed by atoms with Crippen LogP contribution in [-0.4, -0.2) is 23.9 Å². The number of carbonyl (C=O) groups excluding carboxylic acids is 1. The van der Waals surface area contributed by atoms with Crippen LogP contribution >= 0.6 is 0 Å². The Morgan fingerprint density at radius 1 is 1.50 bits per heavy atom. The van der Waals surface area contributed by atoms with Crippen LogP contribution in [0.15, 0.2) is 24.3 Å². The minimum Gasteiger partial charge on any atom is -0.341 e. The number of amides is 1. The fourth-order valence-corrected chi connectivity index (χ4v) is 2.02. The molecule has 0 aromatic heterocycles. The Hall–Kier alpha value is -1.42. The lowest BCUT2D eigenvalue weighted by Crippen LogP contribution is -2.34. The normalized spacial score (nSPS) is 16.4. The van der Waals surface area contributed by atoms with Crippen molar-refractivity contribution in [3.05, 3.63) is 35.6 Å². The lowest BCUT2D eigenvalue weighted by molar-refractivity contribution is -0.130. The number of hydrogen-bond acceptors (Lipinski definition) is 2. The second kappa shape index (κ2) is 5.48. The first kappa shape index (κ1) is 13.0. The molecule has 0 saturated heterocycles. The third-order valence-corrected chi connectivity index (χ3v) is 3.43. The minimum absolute atomic E-state index is 0.0161. The Morgan fingerprint density at radius 2 is 2.17 bits per heavy atom. The van der Waals surface area contributed by atoms with Crippen molar-refractivity contribution in [2.45, 2.75) is 31.8 Å². The predicted octanol–water partition coefficient (Wildman–Crippen LogP) is 1.91. The molecule has 1 aliphatic rings. The summed E-state index contributed by atoms with van der Waals surface area (Å²) in [6.07, 6.45) is 2.62. The first-order valence-electron chi connectivity index (χ1n) is 6.31. The quantitative estimate of drug-likeness (QED) is 0.867. The molecule has 1 amide bonds. The smallest absolute Gasteiger partial charge is 0.224 e. The van der Waals surface area contributed by atoms with E-state index < -0.39 is 0 Å². The van der Waals surface area contributed by atoms with Gasteiger partial charge in [0.25, 0.3) is 0 Å². The molecule has 0 bridgehead atoms. The fraction of sp³-hybridized carbons (Fsp3) is 0.500. The van der Waals surface area contributed by atoms with Crippen LogP contribution in [0.5, 0.6) is 0 Å². The zero-order valence-corrected chi connectivity index (χ0v) is 10.6. The zero-order chi connectivity index (χ0) is 13.1. The maximum absolute atomic E-state index is 13.5. The zero-order valence-electron chi connectivity index (χ0n) is 10.6. The lowest BCUT2D eigenvalue weighted by Gasteiger charge is -2.19. The van der Waals surface area contributed by atoms with Gasteiger partial charge in [-0.25, -0.2) is 4.39 Å². The number of nitrogens with two attached hydrogens (primary N) is 1. The van der Waals surface area contributed by atoms with Crippen molar-refractivity contribution in [2.75, 3.05) is 7.05 Å². The van der Waals surface area contributed by atoms with E-state index in [4.69, 9.17) is 5.73 Å². The first-order valence-corrected chi connectivity index (χ1v) is 6.31.